The number of aromatic nitrogens is 2. The van der Waals surface area contributed by atoms with Gasteiger partial charge in [-0.1, -0.05) is 24.3 Å². The van der Waals surface area contributed by atoms with Crippen molar-refractivity contribution in [2.75, 3.05) is 20.3 Å². The molecule has 0 bridgehead atoms. The number of fused-ring (bicyclic) bond motifs is 1. The standard InChI is InChI=1S/C20H29N3O2/c1-15-18(20(25-3)22(2)21-15)14-23(12-7-13-24)19-11-6-9-16-8-4-5-10-17(16)19/h4-5,8,10,19,24H,6-7,9,11-14H2,1-3H3. The summed E-state index contributed by atoms with van der Waals surface area (Å²) in [5.41, 5.74) is 5.05. The Balaban J connectivity index is 1.91. The molecule has 0 saturated heterocycles. The number of rotatable bonds is 7. The third-order valence-electron chi connectivity index (χ3n) is 5.23. The highest BCUT2D eigenvalue weighted by atomic mass is 16.5. The van der Waals surface area contributed by atoms with Gasteiger partial charge in [0.2, 0.25) is 5.88 Å². The average molecular weight is 343 g/mol. The molecule has 5 nitrogen and oxygen atoms in total. The first kappa shape index (κ1) is 18.0. The summed E-state index contributed by atoms with van der Waals surface area (Å²) in [6.45, 7) is 3.92. The number of hydrogen-bond donors (Lipinski definition) is 1. The molecule has 3 rings (SSSR count). The van der Waals surface area contributed by atoms with Crippen LogP contribution in [0, 0.1) is 6.92 Å². The minimum absolute atomic E-state index is 0.216. The lowest BCUT2D eigenvalue weighted by Crippen LogP contribution is -2.32. The van der Waals surface area contributed by atoms with Crippen molar-refractivity contribution in [1.82, 2.24) is 14.7 Å². The first-order valence-corrected chi connectivity index (χ1v) is 9.15. The van der Waals surface area contributed by atoms with Crippen LogP contribution in [0.15, 0.2) is 24.3 Å². The highest BCUT2D eigenvalue weighted by Crippen LogP contribution is 2.36. The summed E-state index contributed by atoms with van der Waals surface area (Å²) in [7, 11) is 3.62. The molecule has 0 saturated carbocycles. The topological polar surface area (TPSA) is 50.5 Å². The quantitative estimate of drug-likeness (QED) is 0.840. The van der Waals surface area contributed by atoms with E-state index in [1.807, 2.05) is 18.7 Å². The third kappa shape index (κ3) is 3.72. The molecule has 5 heteroatoms. The van der Waals surface area contributed by atoms with Gasteiger partial charge in [-0.15, -0.1) is 0 Å². The van der Waals surface area contributed by atoms with Gasteiger partial charge in [0.1, 0.15) is 0 Å². The fourth-order valence-corrected chi connectivity index (χ4v) is 4.05. The number of methoxy groups -OCH3 is 1. The summed E-state index contributed by atoms with van der Waals surface area (Å²) >= 11 is 0. The van der Waals surface area contributed by atoms with Crippen LogP contribution in [-0.2, 0) is 20.0 Å². The minimum atomic E-state index is 0.216. The predicted octanol–water partition coefficient (Wildman–Crippen LogP) is 3.00. The Bertz CT molecular complexity index is 711. The second-order valence-electron chi connectivity index (χ2n) is 6.85. The number of nitrogens with zero attached hydrogens (tertiary/aromatic N) is 3. The highest BCUT2D eigenvalue weighted by molar-refractivity contribution is 5.34. The maximum Gasteiger partial charge on any atom is 0.216 e. The largest absolute Gasteiger partial charge is 0.481 e. The Morgan fingerprint density at radius 1 is 1.36 bits per heavy atom. The lowest BCUT2D eigenvalue weighted by atomic mass is 9.86. The molecular formula is C20H29N3O2. The lowest BCUT2D eigenvalue weighted by Gasteiger charge is -2.36. The molecule has 0 fully saturated rings. The van der Waals surface area contributed by atoms with Crippen molar-refractivity contribution in [3.63, 3.8) is 0 Å². The zero-order valence-corrected chi connectivity index (χ0v) is 15.5. The molecule has 1 aromatic carbocycles. The molecule has 25 heavy (non-hydrogen) atoms. The first-order chi connectivity index (χ1) is 12.2. The SMILES string of the molecule is COc1c(CN(CCCO)C2CCCc3ccccc32)c(C)nn1C. The van der Waals surface area contributed by atoms with Crippen molar-refractivity contribution in [1.29, 1.82) is 0 Å². The van der Waals surface area contributed by atoms with E-state index in [0.29, 0.717) is 6.04 Å². The number of aliphatic hydroxyl groups is 1. The average Bonchev–Trinajstić information content (AvgIpc) is 2.90. The molecule has 1 aliphatic rings. The van der Waals surface area contributed by atoms with Gasteiger partial charge in [0.15, 0.2) is 0 Å². The molecule has 1 unspecified atom stereocenters. The summed E-state index contributed by atoms with van der Waals surface area (Å²) in [5, 5.41) is 13.9. The van der Waals surface area contributed by atoms with E-state index in [2.05, 4.69) is 34.3 Å². The molecule has 0 radical (unpaired) electrons. The number of benzene rings is 1. The maximum atomic E-state index is 9.37. The second kappa shape index (κ2) is 8.02. The molecule has 1 heterocycles. The van der Waals surface area contributed by atoms with E-state index in [-0.39, 0.29) is 6.61 Å². The van der Waals surface area contributed by atoms with Crippen LogP contribution in [0.3, 0.4) is 0 Å². The van der Waals surface area contributed by atoms with Crippen molar-refractivity contribution in [3.8, 4) is 5.88 Å². The van der Waals surface area contributed by atoms with Crippen molar-refractivity contribution in [3.05, 3.63) is 46.6 Å². The lowest BCUT2D eigenvalue weighted by molar-refractivity contribution is 0.150. The molecule has 136 valence electrons. The van der Waals surface area contributed by atoms with Gasteiger partial charge in [0.25, 0.3) is 0 Å². The third-order valence-corrected chi connectivity index (χ3v) is 5.23. The molecular weight excluding hydrogens is 314 g/mol. The van der Waals surface area contributed by atoms with E-state index in [4.69, 9.17) is 4.74 Å². The van der Waals surface area contributed by atoms with Crippen molar-refractivity contribution in [2.45, 2.75) is 45.2 Å². The summed E-state index contributed by atoms with van der Waals surface area (Å²) in [4.78, 5) is 2.49. The van der Waals surface area contributed by atoms with Gasteiger partial charge in [-0.3, -0.25) is 4.90 Å². The van der Waals surface area contributed by atoms with Gasteiger partial charge in [-0.2, -0.15) is 5.10 Å². The van der Waals surface area contributed by atoms with E-state index < -0.39 is 0 Å². The van der Waals surface area contributed by atoms with E-state index in [0.717, 1.165) is 49.5 Å². The number of aryl methyl sites for hydroxylation is 3. The van der Waals surface area contributed by atoms with Crippen LogP contribution in [-0.4, -0.2) is 40.0 Å². The Kier molecular flexibility index (Phi) is 5.76. The molecule has 1 aromatic heterocycles. The molecule has 1 N–H and O–H groups in total. The van der Waals surface area contributed by atoms with Crippen LogP contribution in [0.1, 0.15) is 47.7 Å². The van der Waals surface area contributed by atoms with E-state index >= 15 is 0 Å². The summed E-state index contributed by atoms with van der Waals surface area (Å²) < 4.78 is 7.39. The van der Waals surface area contributed by atoms with Crippen molar-refractivity contribution in [2.24, 2.45) is 7.05 Å². The molecule has 1 aliphatic carbocycles. The number of hydrogen-bond acceptors (Lipinski definition) is 4. The Morgan fingerprint density at radius 2 is 2.16 bits per heavy atom. The van der Waals surface area contributed by atoms with Crippen LogP contribution in [0.2, 0.25) is 0 Å². The van der Waals surface area contributed by atoms with Gasteiger partial charge in [0, 0.05) is 32.8 Å². The summed E-state index contributed by atoms with van der Waals surface area (Å²) in [6.07, 6.45) is 4.31. The highest BCUT2D eigenvalue weighted by Gasteiger charge is 2.27. The molecule has 0 spiro atoms. The zero-order chi connectivity index (χ0) is 17.8. The zero-order valence-electron chi connectivity index (χ0n) is 15.5. The molecule has 2 aromatic rings. The van der Waals surface area contributed by atoms with Gasteiger partial charge in [-0.05, 0) is 43.7 Å². The fraction of sp³-hybridized carbons (Fsp3) is 0.550. The first-order valence-electron chi connectivity index (χ1n) is 9.15. The van der Waals surface area contributed by atoms with Gasteiger partial charge < -0.3 is 9.84 Å². The second-order valence-corrected chi connectivity index (χ2v) is 6.85. The van der Waals surface area contributed by atoms with Crippen LogP contribution in [0.4, 0.5) is 0 Å². The maximum absolute atomic E-state index is 9.37. The summed E-state index contributed by atoms with van der Waals surface area (Å²) in [6, 6.07) is 9.17. The molecule has 0 amide bonds. The summed E-state index contributed by atoms with van der Waals surface area (Å²) in [5.74, 6) is 0.829. The number of ether oxygens (including phenoxy) is 1. The van der Waals surface area contributed by atoms with E-state index in [9.17, 15) is 5.11 Å². The monoisotopic (exact) mass is 343 g/mol. The van der Waals surface area contributed by atoms with Gasteiger partial charge in [0.05, 0.1) is 18.4 Å². The Labute approximate surface area is 150 Å². The van der Waals surface area contributed by atoms with Crippen LogP contribution < -0.4 is 4.74 Å². The van der Waals surface area contributed by atoms with E-state index in [1.54, 1.807) is 7.11 Å². The van der Waals surface area contributed by atoms with Crippen LogP contribution in [0.5, 0.6) is 5.88 Å². The Hall–Kier alpha value is -1.85. The van der Waals surface area contributed by atoms with E-state index in [1.165, 1.54) is 17.5 Å². The minimum Gasteiger partial charge on any atom is -0.481 e. The van der Waals surface area contributed by atoms with Crippen molar-refractivity contribution < 1.29 is 9.84 Å². The molecule has 1 atom stereocenters. The van der Waals surface area contributed by atoms with Crippen LogP contribution >= 0.6 is 0 Å². The van der Waals surface area contributed by atoms with Crippen LogP contribution in [0.25, 0.3) is 0 Å². The Morgan fingerprint density at radius 3 is 2.92 bits per heavy atom. The fourth-order valence-electron chi connectivity index (χ4n) is 4.05. The molecule has 0 aliphatic heterocycles. The van der Waals surface area contributed by atoms with Gasteiger partial charge in [-0.25, -0.2) is 4.68 Å². The predicted molar refractivity (Wildman–Crippen MR) is 98.7 cm³/mol. The van der Waals surface area contributed by atoms with Crippen molar-refractivity contribution >= 4 is 0 Å². The smallest absolute Gasteiger partial charge is 0.216 e. The normalized spacial score (nSPS) is 16.9. The number of aliphatic hydroxyl groups excluding tert-OH is 1. The van der Waals surface area contributed by atoms with Gasteiger partial charge >= 0.3 is 0 Å².